The molecule has 0 saturated carbocycles. The van der Waals surface area contributed by atoms with Crippen LogP contribution in [-0.2, 0) is 9.47 Å². The fourth-order valence-electron chi connectivity index (χ4n) is 1.56. The van der Waals surface area contributed by atoms with Gasteiger partial charge in [0.1, 0.15) is 0 Å². The van der Waals surface area contributed by atoms with E-state index in [-0.39, 0.29) is 17.5 Å². The number of thioether (sulfide) groups is 1. The van der Waals surface area contributed by atoms with Crippen LogP contribution in [0, 0.1) is 0 Å². The summed E-state index contributed by atoms with van der Waals surface area (Å²) >= 11 is 1.85. The molecule has 0 bridgehead atoms. The van der Waals surface area contributed by atoms with Gasteiger partial charge in [0, 0.05) is 10.7 Å². The fourth-order valence-corrected chi connectivity index (χ4v) is 2.50. The highest BCUT2D eigenvalue weighted by molar-refractivity contribution is 8.03. The second kappa shape index (κ2) is 3.26. The molecule has 0 aromatic carbocycles. The Kier molecular flexibility index (Phi) is 2.45. The molecular formula is C11H18O2S. The Labute approximate surface area is 90.0 Å². The van der Waals surface area contributed by atoms with Crippen molar-refractivity contribution in [3.8, 4) is 0 Å². The van der Waals surface area contributed by atoms with E-state index in [1.807, 2.05) is 11.8 Å². The Balaban J connectivity index is 2.13. The molecule has 14 heavy (non-hydrogen) atoms. The number of rotatable bonds is 1. The van der Waals surface area contributed by atoms with Gasteiger partial charge in [0.2, 0.25) is 0 Å². The van der Waals surface area contributed by atoms with Crippen LogP contribution in [0.5, 0.6) is 0 Å². The van der Waals surface area contributed by atoms with Crippen molar-refractivity contribution in [1.82, 2.24) is 0 Å². The third-order valence-corrected chi connectivity index (χ3v) is 4.35. The Morgan fingerprint density at radius 2 is 1.79 bits per heavy atom. The summed E-state index contributed by atoms with van der Waals surface area (Å²) in [6.07, 6.45) is 3.24. The molecule has 0 amide bonds. The van der Waals surface area contributed by atoms with Gasteiger partial charge in [-0.15, -0.1) is 11.8 Å². The van der Waals surface area contributed by atoms with Crippen molar-refractivity contribution in [2.45, 2.75) is 51.6 Å². The fraction of sp³-hybridized carbons (Fsp3) is 0.818. The summed E-state index contributed by atoms with van der Waals surface area (Å²) in [6.45, 7) is 8.36. The number of hydrogen-bond donors (Lipinski definition) is 0. The Morgan fingerprint density at radius 3 is 2.21 bits per heavy atom. The van der Waals surface area contributed by atoms with Gasteiger partial charge in [0.15, 0.2) is 6.29 Å². The van der Waals surface area contributed by atoms with Crippen LogP contribution >= 0.6 is 11.8 Å². The number of hydrogen-bond acceptors (Lipinski definition) is 3. The summed E-state index contributed by atoms with van der Waals surface area (Å²) in [5.74, 6) is 1.17. The van der Waals surface area contributed by atoms with Crippen LogP contribution in [0.3, 0.4) is 0 Å². The van der Waals surface area contributed by atoms with Gasteiger partial charge in [-0.05, 0) is 34.1 Å². The van der Waals surface area contributed by atoms with E-state index in [1.54, 1.807) is 0 Å². The Bertz CT molecular complexity index is 252. The standard InChI is InChI=1S/C11H18O2S/c1-10(2)11(3,4)13-9(12-10)8-6-5-7-14-8/h6,9H,5,7H2,1-4H3. The minimum Gasteiger partial charge on any atom is -0.339 e. The monoisotopic (exact) mass is 214 g/mol. The van der Waals surface area contributed by atoms with Crippen molar-refractivity contribution >= 4 is 11.8 Å². The lowest BCUT2D eigenvalue weighted by atomic mass is 9.90. The molecule has 3 heteroatoms. The lowest BCUT2D eigenvalue weighted by Crippen LogP contribution is -2.41. The first-order valence-corrected chi connectivity index (χ1v) is 6.09. The maximum absolute atomic E-state index is 5.94. The lowest BCUT2D eigenvalue weighted by molar-refractivity contribution is -0.0531. The van der Waals surface area contributed by atoms with Crippen molar-refractivity contribution in [3.05, 3.63) is 11.0 Å². The molecule has 2 aliphatic rings. The smallest absolute Gasteiger partial charge is 0.190 e. The van der Waals surface area contributed by atoms with Crippen molar-refractivity contribution < 1.29 is 9.47 Å². The van der Waals surface area contributed by atoms with Crippen LogP contribution in [0.2, 0.25) is 0 Å². The predicted octanol–water partition coefficient (Wildman–Crippen LogP) is 2.94. The highest BCUT2D eigenvalue weighted by Crippen LogP contribution is 2.44. The zero-order valence-corrected chi connectivity index (χ0v) is 10.1. The van der Waals surface area contributed by atoms with E-state index in [2.05, 4.69) is 33.8 Å². The van der Waals surface area contributed by atoms with Crippen LogP contribution in [0.25, 0.3) is 0 Å². The second-order valence-corrected chi connectivity index (χ2v) is 6.00. The molecule has 2 aliphatic heterocycles. The Hall–Kier alpha value is 0.01000. The molecular weight excluding hydrogens is 196 g/mol. The normalized spacial score (nSPS) is 30.7. The molecule has 0 unspecified atom stereocenters. The lowest BCUT2D eigenvalue weighted by Gasteiger charge is -2.30. The highest BCUT2D eigenvalue weighted by Gasteiger charge is 2.50. The predicted molar refractivity (Wildman–Crippen MR) is 59.3 cm³/mol. The highest BCUT2D eigenvalue weighted by atomic mass is 32.2. The maximum Gasteiger partial charge on any atom is 0.190 e. The van der Waals surface area contributed by atoms with E-state index in [9.17, 15) is 0 Å². The number of allylic oxidation sites excluding steroid dienone is 1. The summed E-state index contributed by atoms with van der Waals surface area (Å²) in [5, 5.41) is 0. The first-order chi connectivity index (χ1) is 6.42. The SMILES string of the molecule is CC1(C)OC(C2=CCCS2)OC1(C)C. The van der Waals surface area contributed by atoms with E-state index in [4.69, 9.17) is 9.47 Å². The van der Waals surface area contributed by atoms with E-state index in [0.29, 0.717) is 0 Å². The van der Waals surface area contributed by atoms with Gasteiger partial charge in [-0.3, -0.25) is 0 Å². The van der Waals surface area contributed by atoms with E-state index in [0.717, 1.165) is 6.42 Å². The molecule has 0 N–H and O–H groups in total. The third kappa shape index (κ3) is 1.62. The van der Waals surface area contributed by atoms with Gasteiger partial charge in [-0.25, -0.2) is 0 Å². The van der Waals surface area contributed by atoms with E-state index in [1.165, 1.54) is 10.7 Å². The average molecular weight is 214 g/mol. The summed E-state index contributed by atoms with van der Waals surface area (Å²) < 4.78 is 11.9. The second-order valence-electron chi connectivity index (χ2n) is 4.83. The molecule has 0 atom stereocenters. The summed E-state index contributed by atoms with van der Waals surface area (Å²) in [7, 11) is 0. The molecule has 2 heterocycles. The van der Waals surface area contributed by atoms with Gasteiger partial charge in [0.25, 0.3) is 0 Å². The summed E-state index contributed by atoms with van der Waals surface area (Å²) in [6, 6.07) is 0. The van der Waals surface area contributed by atoms with Crippen LogP contribution < -0.4 is 0 Å². The third-order valence-electron chi connectivity index (χ3n) is 3.22. The zero-order chi connectivity index (χ0) is 10.4. The first-order valence-electron chi connectivity index (χ1n) is 5.11. The van der Waals surface area contributed by atoms with Gasteiger partial charge in [-0.2, -0.15) is 0 Å². The summed E-state index contributed by atoms with van der Waals surface area (Å²) in [4.78, 5) is 1.25. The van der Waals surface area contributed by atoms with Gasteiger partial charge >= 0.3 is 0 Å². The van der Waals surface area contributed by atoms with E-state index < -0.39 is 0 Å². The van der Waals surface area contributed by atoms with Crippen LogP contribution in [0.15, 0.2) is 11.0 Å². The molecule has 1 fully saturated rings. The topological polar surface area (TPSA) is 18.5 Å². The molecule has 0 aliphatic carbocycles. The van der Waals surface area contributed by atoms with Gasteiger partial charge in [0.05, 0.1) is 11.2 Å². The van der Waals surface area contributed by atoms with Crippen molar-refractivity contribution in [1.29, 1.82) is 0 Å². The first kappa shape index (κ1) is 10.5. The molecule has 2 nitrogen and oxygen atoms in total. The zero-order valence-electron chi connectivity index (χ0n) is 9.29. The van der Waals surface area contributed by atoms with Crippen molar-refractivity contribution in [3.63, 3.8) is 0 Å². The number of ether oxygens (including phenoxy) is 2. The maximum atomic E-state index is 5.94. The molecule has 0 aromatic rings. The largest absolute Gasteiger partial charge is 0.339 e. The van der Waals surface area contributed by atoms with Crippen molar-refractivity contribution in [2.75, 3.05) is 5.75 Å². The summed E-state index contributed by atoms with van der Waals surface area (Å²) in [5.41, 5.74) is -0.413. The molecule has 0 aromatic heterocycles. The minimum absolute atomic E-state index is 0.132. The molecule has 2 rings (SSSR count). The average Bonchev–Trinajstić information content (AvgIpc) is 2.58. The van der Waals surface area contributed by atoms with Gasteiger partial charge < -0.3 is 9.47 Å². The van der Waals surface area contributed by atoms with Gasteiger partial charge in [-0.1, -0.05) is 6.08 Å². The molecule has 0 spiro atoms. The molecule has 1 saturated heterocycles. The van der Waals surface area contributed by atoms with Crippen molar-refractivity contribution in [2.24, 2.45) is 0 Å². The van der Waals surface area contributed by atoms with Crippen LogP contribution in [-0.4, -0.2) is 23.2 Å². The van der Waals surface area contributed by atoms with Crippen LogP contribution in [0.4, 0.5) is 0 Å². The Morgan fingerprint density at radius 1 is 1.21 bits per heavy atom. The minimum atomic E-state index is -0.207. The quantitative estimate of drug-likeness (QED) is 0.668. The van der Waals surface area contributed by atoms with E-state index >= 15 is 0 Å². The molecule has 0 radical (unpaired) electrons. The molecule has 80 valence electrons. The van der Waals surface area contributed by atoms with Crippen LogP contribution in [0.1, 0.15) is 34.1 Å².